The molecule has 0 aliphatic rings. The quantitative estimate of drug-likeness (QED) is 0.640. The molecule has 23 heavy (non-hydrogen) atoms. The Bertz CT molecular complexity index is 794. The molecule has 0 spiro atoms. The summed E-state index contributed by atoms with van der Waals surface area (Å²) in [6.45, 7) is 0. The van der Waals surface area contributed by atoms with Gasteiger partial charge in [0.05, 0.1) is 15.9 Å². The Hall–Kier alpha value is -2.81. The molecule has 0 radical (unpaired) electrons. The number of nitrogens with zero attached hydrogens (tertiary/aromatic N) is 2. The van der Waals surface area contributed by atoms with E-state index < -0.39 is 20.6 Å². The van der Waals surface area contributed by atoms with Crippen molar-refractivity contribution in [3.63, 3.8) is 0 Å². The van der Waals surface area contributed by atoms with Crippen LogP contribution >= 0.6 is 0 Å². The van der Waals surface area contributed by atoms with E-state index in [1.54, 1.807) is 30.5 Å². The number of nitro groups is 2. The second-order valence-corrected chi connectivity index (χ2v) is 6.19. The van der Waals surface area contributed by atoms with E-state index in [4.69, 9.17) is 0 Å². The third-order valence-electron chi connectivity index (χ3n) is 2.96. The average molecular weight is 335 g/mol. The molecule has 0 heterocycles. The monoisotopic (exact) mass is 335 g/mol. The molecule has 0 aliphatic heterocycles. The maximum absolute atomic E-state index is 11.3. The summed E-state index contributed by atoms with van der Waals surface area (Å²) in [6, 6.07) is 10.4. The maximum atomic E-state index is 11.3. The van der Waals surface area contributed by atoms with Crippen LogP contribution in [0.5, 0.6) is 0 Å². The van der Waals surface area contributed by atoms with Crippen molar-refractivity contribution in [2.75, 3.05) is 11.6 Å². The zero-order chi connectivity index (χ0) is 17.0. The highest BCUT2D eigenvalue weighted by molar-refractivity contribution is 7.83. The minimum Gasteiger partial charge on any atom is -0.350 e. The first kappa shape index (κ1) is 16.6. The van der Waals surface area contributed by atoms with E-state index in [1.165, 1.54) is 12.1 Å². The van der Waals surface area contributed by atoms with Crippen LogP contribution in [0, 0.1) is 20.2 Å². The molecule has 0 aliphatic carbocycles. The molecule has 0 saturated heterocycles. The summed E-state index contributed by atoms with van der Waals surface area (Å²) >= 11 is 0. The van der Waals surface area contributed by atoms with Crippen molar-refractivity contribution in [2.45, 2.75) is 5.75 Å². The van der Waals surface area contributed by atoms with Gasteiger partial charge in [0.15, 0.2) is 0 Å². The van der Waals surface area contributed by atoms with E-state index >= 15 is 0 Å². The normalized spacial score (nSPS) is 11.7. The smallest absolute Gasteiger partial charge is 0.299 e. The Labute approximate surface area is 133 Å². The number of rotatable bonds is 6. The van der Waals surface area contributed by atoms with Gasteiger partial charge in [0, 0.05) is 34.6 Å². The van der Waals surface area contributed by atoms with Gasteiger partial charge in [-0.3, -0.25) is 24.4 Å². The Morgan fingerprint density at radius 2 is 1.83 bits per heavy atom. The summed E-state index contributed by atoms with van der Waals surface area (Å²) < 4.78 is 11.3. The van der Waals surface area contributed by atoms with E-state index in [0.29, 0.717) is 11.4 Å². The Morgan fingerprint density at radius 3 is 2.43 bits per heavy atom. The molecule has 0 amide bonds. The molecule has 2 aromatic carbocycles. The highest BCUT2D eigenvalue weighted by Gasteiger charge is 2.19. The minimum atomic E-state index is -1.00. The lowest BCUT2D eigenvalue weighted by atomic mass is 10.2. The van der Waals surface area contributed by atoms with Gasteiger partial charge in [-0.2, -0.15) is 0 Å². The van der Waals surface area contributed by atoms with Crippen LogP contribution in [0.4, 0.5) is 22.7 Å². The van der Waals surface area contributed by atoms with Gasteiger partial charge in [-0.15, -0.1) is 0 Å². The lowest BCUT2D eigenvalue weighted by Gasteiger charge is -2.08. The summed E-state index contributed by atoms with van der Waals surface area (Å²) in [5.74, 6) is 0.373. The molecule has 1 N–H and O–H groups in total. The molecule has 2 aromatic rings. The van der Waals surface area contributed by atoms with Crippen molar-refractivity contribution in [1.82, 2.24) is 0 Å². The summed E-state index contributed by atoms with van der Waals surface area (Å²) in [5, 5.41) is 24.7. The predicted octanol–water partition coefficient (Wildman–Crippen LogP) is 3.13. The van der Waals surface area contributed by atoms with Gasteiger partial charge in [-0.1, -0.05) is 12.1 Å². The van der Waals surface area contributed by atoms with Crippen LogP contribution in [0.15, 0.2) is 42.5 Å². The third-order valence-corrected chi connectivity index (χ3v) is 3.70. The summed E-state index contributed by atoms with van der Waals surface area (Å²) in [4.78, 5) is 20.5. The molecule has 9 heteroatoms. The Balaban J connectivity index is 2.34. The zero-order valence-corrected chi connectivity index (χ0v) is 12.9. The fourth-order valence-corrected chi connectivity index (χ4v) is 2.67. The zero-order valence-electron chi connectivity index (χ0n) is 12.1. The van der Waals surface area contributed by atoms with Crippen molar-refractivity contribution in [3.8, 4) is 0 Å². The predicted molar refractivity (Wildman–Crippen MR) is 87.2 cm³/mol. The van der Waals surface area contributed by atoms with Crippen molar-refractivity contribution in [3.05, 3.63) is 68.3 Å². The fourth-order valence-electron chi connectivity index (χ4n) is 2.02. The summed E-state index contributed by atoms with van der Waals surface area (Å²) in [7, 11) is -1.00. The molecule has 120 valence electrons. The lowest BCUT2D eigenvalue weighted by molar-refractivity contribution is -0.393. The fraction of sp³-hybridized carbons (Fsp3) is 0.143. The van der Waals surface area contributed by atoms with E-state index in [9.17, 15) is 24.4 Å². The van der Waals surface area contributed by atoms with Crippen LogP contribution in [-0.2, 0) is 16.6 Å². The molecule has 8 nitrogen and oxygen atoms in total. The molecule has 1 unspecified atom stereocenters. The molecule has 2 rings (SSSR count). The van der Waals surface area contributed by atoms with Crippen molar-refractivity contribution in [2.24, 2.45) is 0 Å². The van der Waals surface area contributed by atoms with E-state index in [1.807, 2.05) is 0 Å². The number of anilines is 2. The van der Waals surface area contributed by atoms with Crippen LogP contribution in [0.2, 0.25) is 0 Å². The standard InChI is InChI=1S/C14H13N3O5S/c1-23(22)9-10-3-2-4-11(7-10)15-13-6-5-12(16(18)19)8-14(13)17(20)21/h2-8,15H,9H2,1H3. The van der Waals surface area contributed by atoms with Crippen molar-refractivity contribution >= 4 is 33.5 Å². The molecule has 0 saturated carbocycles. The second-order valence-electron chi connectivity index (χ2n) is 4.76. The van der Waals surface area contributed by atoms with E-state index in [0.717, 1.165) is 11.6 Å². The molecule has 1 atom stereocenters. The Morgan fingerprint density at radius 1 is 1.09 bits per heavy atom. The number of non-ortho nitro benzene ring substituents is 1. The van der Waals surface area contributed by atoms with Gasteiger partial charge < -0.3 is 5.32 Å². The number of hydrogen-bond donors (Lipinski definition) is 1. The second kappa shape index (κ2) is 6.97. The largest absolute Gasteiger partial charge is 0.350 e. The van der Waals surface area contributed by atoms with Crippen LogP contribution in [0.1, 0.15) is 5.56 Å². The summed E-state index contributed by atoms with van der Waals surface area (Å²) in [6.07, 6.45) is 1.58. The van der Waals surface area contributed by atoms with Crippen LogP contribution in [0.3, 0.4) is 0 Å². The van der Waals surface area contributed by atoms with Gasteiger partial charge in [0.2, 0.25) is 0 Å². The first-order chi connectivity index (χ1) is 10.9. The molecule has 0 fully saturated rings. The van der Waals surface area contributed by atoms with E-state index in [2.05, 4.69) is 5.32 Å². The molecular weight excluding hydrogens is 322 g/mol. The number of hydrogen-bond acceptors (Lipinski definition) is 6. The van der Waals surface area contributed by atoms with Gasteiger partial charge >= 0.3 is 0 Å². The maximum Gasteiger partial charge on any atom is 0.299 e. The first-order valence-electron chi connectivity index (χ1n) is 6.45. The Kier molecular flexibility index (Phi) is 5.02. The SMILES string of the molecule is CS(=O)Cc1cccc(Nc2ccc([N+](=O)[O-])cc2[N+](=O)[O-])c1. The number of benzene rings is 2. The highest BCUT2D eigenvalue weighted by atomic mass is 32.2. The van der Waals surface area contributed by atoms with Crippen molar-refractivity contribution in [1.29, 1.82) is 0 Å². The third kappa shape index (κ3) is 4.33. The number of nitrogens with one attached hydrogen (secondary N) is 1. The van der Waals surface area contributed by atoms with Crippen molar-refractivity contribution < 1.29 is 14.1 Å². The van der Waals surface area contributed by atoms with Gasteiger partial charge in [0.1, 0.15) is 5.69 Å². The van der Waals surface area contributed by atoms with Gasteiger partial charge in [-0.05, 0) is 23.8 Å². The first-order valence-corrected chi connectivity index (χ1v) is 8.18. The van der Waals surface area contributed by atoms with E-state index in [-0.39, 0.29) is 17.1 Å². The summed E-state index contributed by atoms with van der Waals surface area (Å²) in [5.41, 5.74) is 0.807. The topological polar surface area (TPSA) is 115 Å². The molecule has 0 bridgehead atoms. The van der Waals surface area contributed by atoms with Crippen LogP contribution < -0.4 is 5.32 Å². The minimum absolute atomic E-state index is 0.148. The lowest BCUT2D eigenvalue weighted by Crippen LogP contribution is -1.99. The van der Waals surface area contributed by atoms with Crippen LogP contribution in [-0.4, -0.2) is 20.3 Å². The number of nitro benzene ring substituents is 2. The van der Waals surface area contributed by atoms with Gasteiger partial charge in [-0.25, -0.2) is 0 Å². The highest BCUT2D eigenvalue weighted by Crippen LogP contribution is 2.31. The molecular formula is C14H13N3O5S. The van der Waals surface area contributed by atoms with Crippen LogP contribution in [0.25, 0.3) is 0 Å². The van der Waals surface area contributed by atoms with Gasteiger partial charge in [0.25, 0.3) is 11.4 Å². The molecule has 0 aromatic heterocycles. The average Bonchev–Trinajstić information content (AvgIpc) is 2.46.